The van der Waals surface area contributed by atoms with Crippen LogP contribution in [0.5, 0.6) is 0 Å². The van der Waals surface area contributed by atoms with Gasteiger partial charge in [-0.05, 0) is 55.6 Å². The smallest absolute Gasteiger partial charge is 0.261 e. The Labute approximate surface area is 217 Å². The van der Waals surface area contributed by atoms with E-state index in [0.717, 1.165) is 48.8 Å². The van der Waals surface area contributed by atoms with Crippen LogP contribution in [0.4, 0.5) is 22.9 Å². The molecule has 1 aliphatic heterocycles. The molecular weight excluding hydrogens is 464 g/mol. The normalized spacial score (nSPS) is 14.0. The Morgan fingerprint density at radius 3 is 2.32 bits per heavy atom. The highest BCUT2D eigenvalue weighted by molar-refractivity contribution is 6.07. The molecule has 2 aromatic carbocycles. The summed E-state index contributed by atoms with van der Waals surface area (Å²) >= 11 is 0. The number of hydrogen-bond acceptors (Lipinski definition) is 7. The zero-order valence-electron chi connectivity index (χ0n) is 21.4. The molecule has 3 heterocycles. The van der Waals surface area contributed by atoms with Crippen molar-refractivity contribution < 1.29 is 4.79 Å². The number of rotatable bonds is 6. The summed E-state index contributed by atoms with van der Waals surface area (Å²) in [6, 6.07) is 21.8. The Bertz CT molecular complexity index is 1370. The summed E-state index contributed by atoms with van der Waals surface area (Å²) in [6.45, 7) is 4.08. The maximum absolute atomic E-state index is 13.0. The summed E-state index contributed by atoms with van der Waals surface area (Å²) in [5.74, 6) is 0.414. The van der Waals surface area contributed by atoms with Crippen molar-refractivity contribution in [2.75, 3.05) is 68.2 Å². The minimum atomic E-state index is -0.313. The molecule has 190 valence electrons. The van der Waals surface area contributed by atoms with Crippen LogP contribution < -0.4 is 20.9 Å². The van der Waals surface area contributed by atoms with Crippen molar-refractivity contribution in [2.24, 2.45) is 0 Å². The molecule has 0 radical (unpaired) electrons. The lowest BCUT2D eigenvalue weighted by Crippen LogP contribution is -2.44. The third-order valence-electron chi connectivity index (χ3n) is 6.63. The fraction of sp³-hybridized carbons (Fsp3) is 0.250. The van der Waals surface area contributed by atoms with Crippen molar-refractivity contribution in [2.45, 2.75) is 0 Å². The molecule has 0 spiro atoms. The van der Waals surface area contributed by atoms with Crippen LogP contribution in [0, 0.1) is 0 Å². The van der Waals surface area contributed by atoms with Gasteiger partial charge in [-0.1, -0.05) is 18.2 Å². The molecule has 3 N–H and O–H groups in total. The predicted molar refractivity (Wildman–Crippen MR) is 150 cm³/mol. The van der Waals surface area contributed by atoms with E-state index < -0.39 is 0 Å². The Morgan fingerprint density at radius 2 is 1.65 bits per heavy atom. The number of nitrogens with one attached hydrogen (secondary N) is 1. The first kappa shape index (κ1) is 24.3. The largest absolute Gasteiger partial charge is 0.382 e. The quantitative estimate of drug-likeness (QED) is 0.421. The number of nitrogens with zero attached hydrogens (tertiary/aromatic N) is 6. The van der Waals surface area contributed by atoms with Crippen molar-refractivity contribution in [3.8, 4) is 17.1 Å². The second-order valence-electron chi connectivity index (χ2n) is 9.49. The molecule has 37 heavy (non-hydrogen) atoms. The number of piperazine rings is 1. The first-order chi connectivity index (χ1) is 17.9. The Morgan fingerprint density at radius 1 is 0.946 bits per heavy atom. The third kappa shape index (κ3) is 5.41. The highest BCUT2D eigenvalue weighted by Gasteiger charge is 2.17. The second kappa shape index (κ2) is 10.3. The Balaban J connectivity index is 1.29. The van der Waals surface area contributed by atoms with Crippen molar-refractivity contribution >= 4 is 28.8 Å². The zero-order chi connectivity index (χ0) is 25.9. The molecule has 4 aromatic rings. The number of hydrogen-bond donors (Lipinski definition) is 2. The van der Waals surface area contributed by atoms with E-state index in [-0.39, 0.29) is 11.7 Å². The first-order valence-electron chi connectivity index (χ1n) is 12.3. The third-order valence-corrected chi connectivity index (χ3v) is 6.63. The molecule has 0 saturated carbocycles. The molecule has 1 amide bonds. The van der Waals surface area contributed by atoms with E-state index in [2.05, 4.69) is 44.3 Å². The number of nitrogen functional groups attached to an aromatic ring is 1. The van der Waals surface area contributed by atoms with Crippen LogP contribution in [0.1, 0.15) is 10.4 Å². The van der Waals surface area contributed by atoms with Crippen molar-refractivity contribution in [1.29, 1.82) is 0 Å². The van der Waals surface area contributed by atoms with Gasteiger partial charge >= 0.3 is 0 Å². The second-order valence-corrected chi connectivity index (χ2v) is 9.49. The zero-order valence-corrected chi connectivity index (χ0v) is 21.4. The van der Waals surface area contributed by atoms with Gasteiger partial charge in [-0.3, -0.25) is 4.79 Å². The van der Waals surface area contributed by atoms with E-state index >= 15 is 0 Å². The Hall–Kier alpha value is -4.37. The number of amides is 1. The monoisotopic (exact) mass is 496 g/mol. The van der Waals surface area contributed by atoms with E-state index in [1.54, 1.807) is 10.9 Å². The average molecular weight is 497 g/mol. The molecule has 9 nitrogen and oxygen atoms in total. The van der Waals surface area contributed by atoms with Gasteiger partial charge in [0.25, 0.3) is 5.91 Å². The minimum absolute atomic E-state index is 0.147. The summed E-state index contributed by atoms with van der Waals surface area (Å²) in [4.78, 5) is 24.5. The van der Waals surface area contributed by atoms with Gasteiger partial charge in [0, 0.05) is 69.1 Å². The lowest BCUT2D eigenvalue weighted by molar-refractivity contribution is 0.102. The molecule has 5 rings (SSSR count). The lowest BCUT2D eigenvalue weighted by atomic mass is 10.1. The number of carbonyl (C=O) groups excluding carboxylic acids is 1. The van der Waals surface area contributed by atoms with Crippen LogP contribution in [0.25, 0.3) is 17.1 Å². The number of benzene rings is 2. The maximum atomic E-state index is 13.0. The molecule has 9 heteroatoms. The van der Waals surface area contributed by atoms with Crippen molar-refractivity contribution in [3.05, 3.63) is 78.5 Å². The molecule has 0 aliphatic carbocycles. The summed E-state index contributed by atoms with van der Waals surface area (Å²) in [5.41, 5.74) is 11.2. The fourth-order valence-corrected chi connectivity index (χ4v) is 4.34. The van der Waals surface area contributed by atoms with Gasteiger partial charge in [0.05, 0.1) is 5.69 Å². The number of nitrogens with two attached hydrogens (primary N) is 1. The summed E-state index contributed by atoms with van der Waals surface area (Å²) in [5, 5.41) is 7.28. The van der Waals surface area contributed by atoms with Gasteiger partial charge in [0.15, 0.2) is 11.6 Å². The minimum Gasteiger partial charge on any atom is -0.382 e. The van der Waals surface area contributed by atoms with Gasteiger partial charge in [0.2, 0.25) is 0 Å². The van der Waals surface area contributed by atoms with Gasteiger partial charge in [0.1, 0.15) is 5.56 Å². The van der Waals surface area contributed by atoms with Gasteiger partial charge in [-0.15, -0.1) is 5.10 Å². The van der Waals surface area contributed by atoms with Gasteiger partial charge < -0.3 is 25.8 Å². The van der Waals surface area contributed by atoms with Crippen LogP contribution in [0.2, 0.25) is 0 Å². The van der Waals surface area contributed by atoms with Crippen LogP contribution >= 0.6 is 0 Å². The number of likely N-dealkylation sites (N-methyl/N-ethyl adjacent to an activating group) is 1. The fourth-order valence-electron chi connectivity index (χ4n) is 4.34. The molecular formula is C28H32N8O. The van der Waals surface area contributed by atoms with E-state index in [4.69, 9.17) is 10.7 Å². The van der Waals surface area contributed by atoms with E-state index in [1.807, 2.05) is 68.7 Å². The maximum Gasteiger partial charge on any atom is 0.261 e. The SMILES string of the molecule is CN1CCN(c2ccc(NC(=O)c3cn(-c4cccc(-c5ccc(N(C)C)cc5)n4)nc3N)cc2)CC1. The highest BCUT2D eigenvalue weighted by atomic mass is 16.1. The number of aromatic nitrogens is 3. The van der Waals surface area contributed by atoms with Crippen molar-refractivity contribution in [3.63, 3.8) is 0 Å². The average Bonchev–Trinajstić information content (AvgIpc) is 3.31. The molecule has 1 aliphatic rings. The number of anilines is 4. The van der Waals surface area contributed by atoms with E-state index in [9.17, 15) is 4.79 Å². The first-order valence-corrected chi connectivity index (χ1v) is 12.3. The van der Waals surface area contributed by atoms with Crippen LogP contribution in [0.3, 0.4) is 0 Å². The summed E-state index contributed by atoms with van der Waals surface area (Å²) in [6.07, 6.45) is 1.62. The molecule has 1 saturated heterocycles. The molecule has 0 atom stereocenters. The standard InChI is InChI=1S/C28H32N8O/c1-33(2)22-11-7-20(8-12-22)25-5-4-6-26(31-25)36-19-24(27(29)32-36)28(37)30-21-9-13-23(14-10-21)35-17-15-34(3)16-18-35/h4-14,19H,15-18H2,1-3H3,(H2,29,32)(H,30,37). The molecule has 0 unspecified atom stereocenters. The van der Waals surface area contributed by atoms with Crippen LogP contribution in [-0.4, -0.2) is 72.9 Å². The van der Waals surface area contributed by atoms with Crippen LogP contribution in [-0.2, 0) is 0 Å². The van der Waals surface area contributed by atoms with E-state index in [0.29, 0.717) is 17.1 Å². The molecule has 1 fully saturated rings. The predicted octanol–water partition coefficient (Wildman–Crippen LogP) is 3.59. The van der Waals surface area contributed by atoms with Crippen molar-refractivity contribution in [1.82, 2.24) is 19.7 Å². The summed E-state index contributed by atoms with van der Waals surface area (Å²) in [7, 11) is 6.15. The number of pyridine rings is 1. The molecule has 0 bridgehead atoms. The highest BCUT2D eigenvalue weighted by Crippen LogP contribution is 2.24. The van der Waals surface area contributed by atoms with Gasteiger partial charge in [-0.25, -0.2) is 9.67 Å². The lowest BCUT2D eigenvalue weighted by Gasteiger charge is -2.34. The topological polar surface area (TPSA) is 95.5 Å². The molecule has 2 aromatic heterocycles. The van der Waals surface area contributed by atoms with Gasteiger partial charge in [-0.2, -0.15) is 0 Å². The Kier molecular flexibility index (Phi) is 6.78. The van der Waals surface area contributed by atoms with E-state index in [1.165, 1.54) is 0 Å². The van der Waals surface area contributed by atoms with Crippen LogP contribution in [0.15, 0.2) is 72.9 Å². The number of carbonyl (C=O) groups is 1. The summed E-state index contributed by atoms with van der Waals surface area (Å²) < 4.78 is 1.54.